The minimum Gasteiger partial charge on any atom is -0.545 e. The van der Waals surface area contributed by atoms with Gasteiger partial charge in [0.1, 0.15) is 0 Å². The van der Waals surface area contributed by atoms with Crippen LogP contribution in [0.4, 0.5) is 5.69 Å². The summed E-state index contributed by atoms with van der Waals surface area (Å²) in [6.07, 6.45) is 2.44. The summed E-state index contributed by atoms with van der Waals surface area (Å²) < 4.78 is 2.43. The second-order valence-corrected chi connectivity index (χ2v) is 9.96. The number of carboxylic acids is 1. The molecule has 1 amide bonds. The number of nitrogens with one attached hydrogen (secondary N) is 1. The van der Waals surface area contributed by atoms with Gasteiger partial charge >= 0.3 is 51.4 Å². The second kappa shape index (κ2) is 11.4. The van der Waals surface area contributed by atoms with Gasteiger partial charge in [-0.1, -0.05) is 59.8 Å². The first-order chi connectivity index (χ1) is 16.4. The molecule has 1 fully saturated rings. The van der Waals surface area contributed by atoms with E-state index in [1.54, 1.807) is 0 Å². The van der Waals surface area contributed by atoms with Crippen LogP contribution in [0.15, 0.2) is 64.5 Å². The van der Waals surface area contributed by atoms with Crippen LogP contribution in [-0.4, -0.2) is 32.4 Å². The first-order valence-electron chi connectivity index (χ1n) is 10.5. The molecule has 1 saturated carbocycles. The molecule has 0 spiro atoms. The van der Waals surface area contributed by atoms with Crippen LogP contribution in [0, 0.1) is 0 Å². The smallest absolute Gasteiger partial charge is 0.545 e. The molecule has 3 aromatic carbocycles. The number of amides is 1. The predicted octanol–water partition coefficient (Wildman–Crippen LogP) is 1.81. The summed E-state index contributed by atoms with van der Waals surface area (Å²) in [6.45, 7) is 0. The zero-order valence-electron chi connectivity index (χ0n) is 18.6. The van der Waals surface area contributed by atoms with Crippen molar-refractivity contribution in [2.75, 3.05) is 11.1 Å². The molecule has 1 N–H and O–H groups in total. The van der Waals surface area contributed by atoms with Crippen LogP contribution in [0.2, 0.25) is 5.02 Å². The van der Waals surface area contributed by atoms with Crippen LogP contribution in [0.3, 0.4) is 0 Å². The Bertz CT molecular complexity index is 1440. The Morgan fingerprint density at radius 2 is 1.86 bits per heavy atom. The van der Waals surface area contributed by atoms with Crippen molar-refractivity contribution in [1.82, 2.24) is 14.8 Å². The Morgan fingerprint density at radius 1 is 1.11 bits per heavy atom. The summed E-state index contributed by atoms with van der Waals surface area (Å²) in [5.41, 5.74) is 2.55. The summed E-state index contributed by atoms with van der Waals surface area (Å²) in [6, 6.07) is 16.5. The number of aromatic carboxylic acids is 1. The molecule has 11 heteroatoms. The first kappa shape index (κ1) is 26.8. The maximum Gasteiger partial charge on any atom is 1.00 e. The van der Waals surface area contributed by atoms with Gasteiger partial charge in [0.2, 0.25) is 10.6 Å². The van der Waals surface area contributed by atoms with Gasteiger partial charge in [-0.15, -0.1) is 10.2 Å². The molecule has 1 heterocycles. The van der Waals surface area contributed by atoms with E-state index in [9.17, 15) is 14.7 Å². The van der Waals surface area contributed by atoms with Gasteiger partial charge in [-0.25, -0.2) is 0 Å². The van der Waals surface area contributed by atoms with Crippen LogP contribution >= 0.6 is 39.3 Å². The normalized spacial score (nSPS) is 12.9. The summed E-state index contributed by atoms with van der Waals surface area (Å²) in [7, 11) is 0. The number of carbonyl (C=O) groups is 2. The van der Waals surface area contributed by atoms with Gasteiger partial charge in [-0.3, -0.25) is 9.36 Å². The molecule has 0 aliphatic heterocycles. The van der Waals surface area contributed by atoms with Crippen LogP contribution in [0.5, 0.6) is 0 Å². The van der Waals surface area contributed by atoms with Crippen molar-refractivity contribution in [3.05, 3.63) is 75.5 Å². The third-order valence-corrected chi connectivity index (χ3v) is 7.35. The van der Waals surface area contributed by atoms with Crippen molar-refractivity contribution in [2.45, 2.75) is 23.9 Å². The summed E-state index contributed by atoms with van der Waals surface area (Å²) in [4.78, 5) is 23.5. The van der Waals surface area contributed by atoms with Gasteiger partial charge in [-0.05, 0) is 69.4 Å². The third-order valence-electron chi connectivity index (χ3n) is 5.60. The number of nitrogens with zero attached hydrogens (tertiary/aromatic N) is 3. The zero-order valence-corrected chi connectivity index (χ0v) is 24.9. The minimum atomic E-state index is -1.34. The minimum absolute atomic E-state index is 0. The second-order valence-electron chi connectivity index (χ2n) is 7.90. The van der Waals surface area contributed by atoms with Crippen molar-refractivity contribution >= 4 is 67.6 Å². The number of anilines is 1. The van der Waals surface area contributed by atoms with E-state index >= 15 is 0 Å². The molecule has 4 aromatic rings. The van der Waals surface area contributed by atoms with E-state index in [-0.39, 0.29) is 73.6 Å². The number of hydrogen-bond donors (Lipinski definition) is 1. The van der Waals surface area contributed by atoms with Gasteiger partial charge in [0.25, 0.3) is 0 Å². The molecule has 172 valence electrons. The number of carbonyl (C=O) groups excluding carboxylic acids is 2. The number of benzene rings is 3. The maximum absolute atomic E-state index is 12.6. The van der Waals surface area contributed by atoms with E-state index in [1.807, 2.05) is 16.7 Å². The monoisotopic (exact) mass is 594 g/mol. The fourth-order valence-corrected chi connectivity index (χ4v) is 5.39. The van der Waals surface area contributed by atoms with E-state index in [0.717, 1.165) is 11.1 Å². The number of halogens is 2. The summed E-state index contributed by atoms with van der Waals surface area (Å²) in [5.74, 6) is -0.971. The molecule has 35 heavy (non-hydrogen) atoms. The van der Waals surface area contributed by atoms with Gasteiger partial charge < -0.3 is 15.2 Å². The standard InChI is InChI=1S/C24H18BrClN4O3S.K/c25-23-28-29-24(34-12-21(31)27-19-9-7-14(22(32)33)11-18(19)26)30(23)20-10-8-15(13-5-6-13)16-3-1-2-4-17(16)20;/h1-4,7-11,13H,5-6,12H2,(H,27,31)(H,32,33);/q;+1/p-1. The third kappa shape index (κ3) is 5.85. The molecule has 5 rings (SSSR count). The van der Waals surface area contributed by atoms with Crippen molar-refractivity contribution in [1.29, 1.82) is 0 Å². The van der Waals surface area contributed by atoms with Gasteiger partial charge in [0.15, 0.2) is 5.16 Å². The van der Waals surface area contributed by atoms with E-state index < -0.39 is 5.97 Å². The Balaban J connectivity index is 0.00000289. The van der Waals surface area contributed by atoms with Crippen molar-refractivity contribution in [3.8, 4) is 5.69 Å². The van der Waals surface area contributed by atoms with Crippen molar-refractivity contribution < 1.29 is 66.1 Å². The first-order valence-corrected chi connectivity index (χ1v) is 12.6. The Kier molecular flexibility index (Phi) is 8.76. The molecule has 1 aliphatic carbocycles. The van der Waals surface area contributed by atoms with Crippen molar-refractivity contribution in [3.63, 3.8) is 0 Å². The largest absolute Gasteiger partial charge is 1.00 e. The maximum atomic E-state index is 12.6. The van der Waals surface area contributed by atoms with E-state index in [2.05, 4.69) is 55.7 Å². The number of hydrogen-bond acceptors (Lipinski definition) is 6. The SMILES string of the molecule is O=C(CSc1nnc(Br)n1-c1ccc(C2CC2)c2ccccc12)Nc1ccc(C(=O)[O-])cc1Cl.[K+]. The number of thioether (sulfide) groups is 1. The molecule has 0 bridgehead atoms. The molecular formula is C24H17BrClKN4O3S. The molecule has 1 aliphatic rings. The fraction of sp³-hybridized carbons (Fsp3) is 0.167. The van der Waals surface area contributed by atoms with Crippen LogP contribution in [0.25, 0.3) is 16.5 Å². The number of fused-ring (bicyclic) bond motifs is 1. The topological polar surface area (TPSA) is 99.9 Å². The number of aromatic nitrogens is 3. The average Bonchev–Trinajstić information content (AvgIpc) is 3.61. The van der Waals surface area contributed by atoms with E-state index in [0.29, 0.717) is 21.5 Å². The van der Waals surface area contributed by atoms with E-state index in [1.165, 1.54) is 53.8 Å². The van der Waals surface area contributed by atoms with Crippen LogP contribution < -0.4 is 61.8 Å². The Morgan fingerprint density at radius 3 is 2.54 bits per heavy atom. The summed E-state index contributed by atoms with van der Waals surface area (Å²) >= 11 is 10.8. The Hall–Kier alpha value is -1.24. The molecule has 7 nitrogen and oxygen atoms in total. The van der Waals surface area contributed by atoms with Crippen LogP contribution in [-0.2, 0) is 4.79 Å². The van der Waals surface area contributed by atoms with Crippen molar-refractivity contribution in [2.24, 2.45) is 0 Å². The van der Waals surface area contributed by atoms with Gasteiger partial charge in [-0.2, -0.15) is 0 Å². The molecule has 1 aromatic heterocycles. The quantitative estimate of drug-likeness (QED) is 0.259. The average molecular weight is 596 g/mol. The zero-order chi connectivity index (χ0) is 23.8. The predicted molar refractivity (Wildman–Crippen MR) is 134 cm³/mol. The molecule has 0 saturated heterocycles. The Labute approximate surface area is 261 Å². The molecular weight excluding hydrogens is 579 g/mol. The molecule has 0 radical (unpaired) electrons. The number of carboxylic acid groups (broad SMARTS) is 1. The van der Waals surface area contributed by atoms with E-state index in [4.69, 9.17) is 11.6 Å². The molecule has 0 atom stereocenters. The van der Waals surface area contributed by atoms with Gasteiger partial charge in [0.05, 0.1) is 28.1 Å². The van der Waals surface area contributed by atoms with Crippen LogP contribution in [0.1, 0.15) is 34.7 Å². The summed E-state index contributed by atoms with van der Waals surface area (Å²) in [5, 5.41) is 25.1. The van der Waals surface area contributed by atoms with Gasteiger partial charge in [0, 0.05) is 5.39 Å². The molecule has 0 unspecified atom stereocenters. The number of rotatable bonds is 7. The fourth-order valence-electron chi connectivity index (χ4n) is 3.86.